The fourth-order valence-electron chi connectivity index (χ4n) is 12.2. The van der Waals surface area contributed by atoms with Crippen LogP contribution in [0.3, 0.4) is 0 Å². The van der Waals surface area contributed by atoms with E-state index >= 15 is 0 Å². The predicted molar refractivity (Wildman–Crippen MR) is 116 cm³/mol. The van der Waals surface area contributed by atoms with Crippen molar-refractivity contribution in [3.63, 3.8) is 0 Å². The van der Waals surface area contributed by atoms with E-state index in [4.69, 9.17) is 0 Å². The van der Waals surface area contributed by atoms with E-state index in [1.165, 1.54) is 5.92 Å². The van der Waals surface area contributed by atoms with Crippen LogP contribution in [-0.4, -0.2) is 0 Å². The van der Waals surface area contributed by atoms with Crippen LogP contribution in [0.2, 0.25) is 0 Å². The summed E-state index contributed by atoms with van der Waals surface area (Å²) in [6.07, 6.45) is 30.9. The van der Waals surface area contributed by atoms with Crippen molar-refractivity contribution in [1.82, 2.24) is 0 Å². The fraction of sp³-hybridized carbons (Fsp3) is 1.00. The average Bonchev–Trinajstić information content (AvgIpc) is 3.39. The summed E-state index contributed by atoms with van der Waals surface area (Å²) in [5.74, 6) is 6.88. The van der Waals surface area contributed by atoms with Gasteiger partial charge in [0.25, 0.3) is 0 Å². The monoisotopic (exact) mass is 380 g/mol. The van der Waals surface area contributed by atoms with Gasteiger partial charge in [-0.3, -0.25) is 0 Å². The molecule has 0 N–H and O–H groups in total. The Kier molecular flexibility index (Phi) is 3.81. The van der Waals surface area contributed by atoms with Crippen LogP contribution < -0.4 is 0 Å². The second-order valence-electron chi connectivity index (χ2n) is 13.2. The zero-order chi connectivity index (χ0) is 18.4. The van der Waals surface area contributed by atoms with Crippen molar-refractivity contribution in [1.29, 1.82) is 0 Å². The Morgan fingerprint density at radius 1 is 0.393 bits per heavy atom. The summed E-state index contributed by atoms with van der Waals surface area (Å²) in [6, 6.07) is 0. The molecule has 8 rings (SSSR count). The number of rotatable bonds is 4. The molecule has 8 fully saturated rings. The van der Waals surface area contributed by atoms with Gasteiger partial charge in [0.1, 0.15) is 0 Å². The fourth-order valence-corrected chi connectivity index (χ4v) is 12.2. The van der Waals surface area contributed by atoms with Gasteiger partial charge in [0.15, 0.2) is 0 Å². The highest BCUT2D eigenvalue weighted by Crippen LogP contribution is 2.86. The largest absolute Gasteiger partial charge is 0.0533 e. The second-order valence-corrected chi connectivity index (χ2v) is 13.2. The standard InChI is InChI=1S/C28H44/c1-2-7-22(8-3-1)26-16-20-15-21(17-26)19-27(18-20,23-13-14-23)28(26,25-11-6-12-25)24-9-4-5-10-24/h20-25H,1-19H2. The van der Waals surface area contributed by atoms with Gasteiger partial charge in [0.05, 0.1) is 0 Å². The van der Waals surface area contributed by atoms with E-state index in [0.29, 0.717) is 0 Å². The van der Waals surface area contributed by atoms with E-state index in [1.54, 1.807) is 122 Å². The summed E-state index contributed by atoms with van der Waals surface area (Å²) in [4.78, 5) is 0. The Hall–Kier alpha value is 0. The van der Waals surface area contributed by atoms with Crippen LogP contribution in [-0.2, 0) is 0 Å². The lowest BCUT2D eigenvalue weighted by molar-refractivity contribution is -0.318. The van der Waals surface area contributed by atoms with Gasteiger partial charge in [0, 0.05) is 0 Å². The molecule has 8 aliphatic carbocycles. The topological polar surface area (TPSA) is 0 Å². The maximum absolute atomic E-state index is 1.70. The lowest BCUT2D eigenvalue weighted by Gasteiger charge is -2.80. The maximum atomic E-state index is 1.70. The number of hydrogen-bond acceptors (Lipinski definition) is 0. The first-order chi connectivity index (χ1) is 13.8. The summed E-state index contributed by atoms with van der Waals surface area (Å²) >= 11 is 0. The SMILES string of the molecule is C1CCC(C23CC4CC(C2)CC(C2CC2)(C4)C3(C2CCCC2)C2CCC2)CC1. The summed E-state index contributed by atoms with van der Waals surface area (Å²) in [5, 5.41) is 0. The van der Waals surface area contributed by atoms with Crippen molar-refractivity contribution in [2.45, 2.75) is 122 Å². The maximum Gasteiger partial charge on any atom is -0.0122 e. The highest BCUT2D eigenvalue weighted by Gasteiger charge is 2.78. The Balaban J connectivity index is 1.45. The summed E-state index contributed by atoms with van der Waals surface area (Å²) in [5.41, 5.74) is 2.44. The lowest BCUT2D eigenvalue weighted by atomic mass is 9.24. The molecule has 0 heterocycles. The van der Waals surface area contributed by atoms with Crippen LogP contribution in [0.25, 0.3) is 0 Å². The van der Waals surface area contributed by atoms with E-state index in [-0.39, 0.29) is 0 Å². The highest BCUT2D eigenvalue weighted by molar-refractivity contribution is 5.27. The van der Waals surface area contributed by atoms with E-state index in [1.807, 2.05) is 0 Å². The highest BCUT2D eigenvalue weighted by atomic mass is 14.8. The minimum Gasteiger partial charge on any atom is -0.0533 e. The number of hydrogen-bond donors (Lipinski definition) is 0. The third kappa shape index (κ3) is 2.01. The van der Waals surface area contributed by atoms with Gasteiger partial charge in [-0.15, -0.1) is 0 Å². The van der Waals surface area contributed by atoms with Crippen LogP contribution in [0, 0.1) is 51.8 Å². The van der Waals surface area contributed by atoms with E-state index in [2.05, 4.69) is 0 Å². The first-order valence-corrected chi connectivity index (χ1v) is 13.8. The third-order valence-corrected chi connectivity index (χ3v) is 12.4. The molecule has 8 saturated carbocycles. The van der Waals surface area contributed by atoms with Crippen LogP contribution in [0.4, 0.5) is 0 Å². The van der Waals surface area contributed by atoms with Crippen LogP contribution in [0.1, 0.15) is 122 Å². The van der Waals surface area contributed by atoms with Crippen molar-refractivity contribution >= 4 is 0 Å². The van der Waals surface area contributed by atoms with Gasteiger partial charge in [-0.05, 0) is 135 Å². The molecule has 156 valence electrons. The quantitative estimate of drug-likeness (QED) is 0.461. The zero-order valence-electron chi connectivity index (χ0n) is 18.4. The van der Waals surface area contributed by atoms with E-state index in [9.17, 15) is 0 Å². The van der Waals surface area contributed by atoms with Crippen molar-refractivity contribution < 1.29 is 0 Å². The van der Waals surface area contributed by atoms with Gasteiger partial charge in [-0.25, -0.2) is 0 Å². The smallest absolute Gasteiger partial charge is 0.0122 e. The molecule has 4 bridgehead atoms. The minimum absolute atomic E-state index is 0.806. The molecule has 28 heavy (non-hydrogen) atoms. The second kappa shape index (κ2) is 6.03. The van der Waals surface area contributed by atoms with E-state index in [0.717, 1.165) is 45.8 Å². The van der Waals surface area contributed by atoms with Gasteiger partial charge >= 0.3 is 0 Å². The lowest BCUT2D eigenvalue weighted by Crippen LogP contribution is -2.73. The molecule has 3 atom stereocenters. The Morgan fingerprint density at radius 3 is 1.29 bits per heavy atom. The molecular weight excluding hydrogens is 336 g/mol. The molecule has 0 saturated heterocycles. The molecule has 0 aromatic carbocycles. The summed E-state index contributed by atoms with van der Waals surface area (Å²) in [6.45, 7) is 0. The third-order valence-electron chi connectivity index (χ3n) is 12.4. The molecule has 0 aromatic heterocycles. The minimum atomic E-state index is 0.806. The molecule has 0 heteroatoms. The predicted octanol–water partition coefficient (Wildman–Crippen LogP) is 8.15. The van der Waals surface area contributed by atoms with Crippen LogP contribution in [0.15, 0.2) is 0 Å². The van der Waals surface area contributed by atoms with Crippen molar-refractivity contribution in [2.24, 2.45) is 51.8 Å². The van der Waals surface area contributed by atoms with E-state index < -0.39 is 0 Å². The van der Waals surface area contributed by atoms with Gasteiger partial charge in [-0.1, -0.05) is 38.5 Å². The zero-order valence-corrected chi connectivity index (χ0v) is 18.4. The normalized spacial score (nSPS) is 52.3. The molecule has 0 nitrogen and oxygen atoms in total. The van der Waals surface area contributed by atoms with Crippen molar-refractivity contribution in [3.8, 4) is 0 Å². The molecule has 0 amide bonds. The molecular formula is C28H44. The average molecular weight is 381 g/mol. The summed E-state index contributed by atoms with van der Waals surface area (Å²) < 4.78 is 0. The Labute approximate surface area is 174 Å². The first kappa shape index (κ1) is 17.7. The molecule has 3 unspecified atom stereocenters. The van der Waals surface area contributed by atoms with Crippen molar-refractivity contribution in [3.05, 3.63) is 0 Å². The van der Waals surface area contributed by atoms with Gasteiger partial charge in [-0.2, -0.15) is 0 Å². The molecule has 8 aliphatic rings. The molecule has 0 radical (unpaired) electrons. The Morgan fingerprint density at radius 2 is 0.821 bits per heavy atom. The van der Waals surface area contributed by atoms with Crippen LogP contribution >= 0.6 is 0 Å². The molecule has 0 aliphatic heterocycles. The van der Waals surface area contributed by atoms with Crippen molar-refractivity contribution in [2.75, 3.05) is 0 Å². The first-order valence-electron chi connectivity index (χ1n) is 13.8. The molecule has 0 aromatic rings. The van der Waals surface area contributed by atoms with Gasteiger partial charge < -0.3 is 0 Å². The van der Waals surface area contributed by atoms with Gasteiger partial charge in [0.2, 0.25) is 0 Å². The molecule has 0 spiro atoms. The van der Waals surface area contributed by atoms with Crippen LogP contribution in [0.5, 0.6) is 0 Å². The summed E-state index contributed by atoms with van der Waals surface area (Å²) in [7, 11) is 0. The Bertz CT molecular complexity index is 598.